The summed E-state index contributed by atoms with van der Waals surface area (Å²) < 4.78 is 30.7. The van der Waals surface area contributed by atoms with Gasteiger partial charge in [0.05, 0.1) is 11.4 Å². The second kappa shape index (κ2) is 7.14. The molecule has 0 atom stereocenters. The van der Waals surface area contributed by atoms with Crippen molar-refractivity contribution >= 4 is 27.5 Å². The van der Waals surface area contributed by atoms with E-state index in [2.05, 4.69) is 5.32 Å². The predicted octanol–water partition coefficient (Wildman–Crippen LogP) is 3.28. The van der Waals surface area contributed by atoms with Crippen LogP contribution in [0.25, 0.3) is 0 Å². The first-order valence-electron chi connectivity index (χ1n) is 8.04. The molecule has 1 saturated heterocycles. The van der Waals surface area contributed by atoms with Gasteiger partial charge in [0.1, 0.15) is 6.61 Å². The molecule has 0 aromatic heterocycles. The number of ether oxygens (including phenoxy) is 1. The molecule has 0 unspecified atom stereocenters. The van der Waals surface area contributed by atoms with Crippen molar-refractivity contribution < 1.29 is 17.9 Å². The largest absolute Gasteiger partial charge is 0.444 e. The van der Waals surface area contributed by atoms with E-state index in [1.165, 1.54) is 4.31 Å². The third-order valence-corrected chi connectivity index (χ3v) is 5.88. The van der Waals surface area contributed by atoms with E-state index in [1.807, 2.05) is 37.3 Å². The van der Waals surface area contributed by atoms with Crippen LogP contribution in [0.2, 0.25) is 0 Å². The van der Waals surface area contributed by atoms with Crippen LogP contribution in [0, 0.1) is 6.92 Å². The summed E-state index contributed by atoms with van der Waals surface area (Å²) in [5.41, 5.74) is 2.91. The Balaban J connectivity index is 1.64. The quantitative estimate of drug-likeness (QED) is 0.908. The van der Waals surface area contributed by atoms with E-state index in [4.69, 9.17) is 4.74 Å². The fraction of sp³-hybridized carbons (Fsp3) is 0.278. The average Bonchev–Trinajstić information content (AvgIpc) is 2.93. The van der Waals surface area contributed by atoms with E-state index in [-0.39, 0.29) is 12.4 Å². The van der Waals surface area contributed by atoms with Crippen LogP contribution < -0.4 is 9.62 Å². The normalized spacial score (nSPS) is 15.8. The number of hydrogen-bond donors (Lipinski definition) is 1. The Labute approximate surface area is 147 Å². The van der Waals surface area contributed by atoms with Gasteiger partial charge in [0, 0.05) is 12.2 Å². The van der Waals surface area contributed by atoms with Crippen LogP contribution in [0.4, 0.5) is 16.2 Å². The molecule has 25 heavy (non-hydrogen) atoms. The first-order valence-corrected chi connectivity index (χ1v) is 9.65. The molecule has 0 radical (unpaired) electrons. The van der Waals surface area contributed by atoms with Gasteiger partial charge in [0.2, 0.25) is 10.0 Å². The molecule has 3 rings (SSSR count). The summed E-state index contributed by atoms with van der Waals surface area (Å²) in [4.78, 5) is 11.9. The van der Waals surface area contributed by atoms with Crippen LogP contribution >= 0.6 is 0 Å². The maximum absolute atomic E-state index is 12.0. The van der Waals surface area contributed by atoms with Crippen molar-refractivity contribution in [2.24, 2.45) is 0 Å². The van der Waals surface area contributed by atoms with E-state index < -0.39 is 16.1 Å². The molecule has 1 heterocycles. The third kappa shape index (κ3) is 4.11. The number of nitrogens with zero attached hydrogens (tertiary/aromatic N) is 1. The molecule has 2 aromatic rings. The Morgan fingerprint density at radius 1 is 1.20 bits per heavy atom. The van der Waals surface area contributed by atoms with Gasteiger partial charge in [-0.05, 0) is 42.7 Å². The summed E-state index contributed by atoms with van der Waals surface area (Å²) in [5.74, 6) is 0.179. The van der Waals surface area contributed by atoms with Crippen molar-refractivity contribution in [3.8, 4) is 0 Å². The van der Waals surface area contributed by atoms with Crippen molar-refractivity contribution in [1.82, 2.24) is 0 Å². The minimum atomic E-state index is -3.22. The zero-order chi connectivity index (χ0) is 17.9. The third-order valence-electron chi connectivity index (χ3n) is 4.02. The Morgan fingerprint density at radius 3 is 2.60 bits per heavy atom. The summed E-state index contributed by atoms with van der Waals surface area (Å²) in [7, 11) is -3.22. The summed E-state index contributed by atoms with van der Waals surface area (Å²) in [6.45, 7) is 2.51. The highest BCUT2D eigenvalue weighted by molar-refractivity contribution is 7.93. The van der Waals surface area contributed by atoms with Gasteiger partial charge in [0.15, 0.2) is 0 Å². The molecule has 1 aliphatic heterocycles. The lowest BCUT2D eigenvalue weighted by molar-refractivity contribution is 0.155. The predicted molar refractivity (Wildman–Crippen MR) is 97.2 cm³/mol. The molecule has 0 saturated carbocycles. The minimum Gasteiger partial charge on any atom is -0.444 e. The average molecular weight is 360 g/mol. The standard InChI is InChI=1S/C18H20N2O4S/c1-14-12-16(8-9-17(14)20-10-5-11-25(20,22)23)19-18(21)24-13-15-6-3-2-4-7-15/h2-4,6-9,12H,5,10-11,13H2,1H3,(H,19,21). The topological polar surface area (TPSA) is 75.7 Å². The number of rotatable bonds is 4. The minimum absolute atomic E-state index is 0.179. The molecule has 0 bridgehead atoms. The fourth-order valence-corrected chi connectivity index (χ4v) is 4.43. The molecule has 1 amide bonds. The molecule has 7 heteroatoms. The van der Waals surface area contributed by atoms with Crippen molar-refractivity contribution in [2.75, 3.05) is 21.9 Å². The van der Waals surface area contributed by atoms with Crippen LogP contribution in [0.1, 0.15) is 17.5 Å². The number of nitrogens with one attached hydrogen (secondary N) is 1. The number of benzene rings is 2. The molecule has 1 fully saturated rings. The number of aryl methyl sites for hydroxylation is 1. The maximum Gasteiger partial charge on any atom is 0.411 e. The Hall–Kier alpha value is -2.54. The highest BCUT2D eigenvalue weighted by Gasteiger charge is 2.29. The zero-order valence-corrected chi connectivity index (χ0v) is 14.8. The first kappa shape index (κ1) is 17.3. The highest BCUT2D eigenvalue weighted by Crippen LogP contribution is 2.29. The second-order valence-corrected chi connectivity index (χ2v) is 7.94. The monoisotopic (exact) mass is 360 g/mol. The Bertz CT molecular complexity index is 866. The number of amides is 1. The van der Waals surface area contributed by atoms with E-state index in [0.29, 0.717) is 24.3 Å². The number of hydrogen-bond acceptors (Lipinski definition) is 4. The number of sulfonamides is 1. The van der Waals surface area contributed by atoms with Gasteiger partial charge in [-0.25, -0.2) is 13.2 Å². The van der Waals surface area contributed by atoms with Crippen molar-refractivity contribution in [3.63, 3.8) is 0 Å². The van der Waals surface area contributed by atoms with E-state index >= 15 is 0 Å². The van der Waals surface area contributed by atoms with Gasteiger partial charge in [-0.2, -0.15) is 0 Å². The first-order chi connectivity index (χ1) is 12.0. The number of anilines is 2. The van der Waals surface area contributed by atoms with Crippen molar-refractivity contribution in [1.29, 1.82) is 0 Å². The summed E-state index contributed by atoms with van der Waals surface area (Å²) in [6.07, 6.45) is 0.0814. The Kier molecular flexibility index (Phi) is 4.94. The molecule has 6 nitrogen and oxygen atoms in total. The van der Waals surface area contributed by atoms with Crippen molar-refractivity contribution in [2.45, 2.75) is 20.0 Å². The maximum atomic E-state index is 12.0. The van der Waals surface area contributed by atoms with E-state index in [9.17, 15) is 13.2 Å². The lowest BCUT2D eigenvalue weighted by Crippen LogP contribution is -2.25. The highest BCUT2D eigenvalue weighted by atomic mass is 32.2. The molecule has 1 aliphatic rings. The number of carbonyl (C=O) groups excluding carboxylic acids is 1. The number of carbonyl (C=O) groups is 1. The van der Waals surface area contributed by atoms with Crippen LogP contribution in [0.5, 0.6) is 0 Å². The van der Waals surface area contributed by atoms with Gasteiger partial charge in [-0.15, -0.1) is 0 Å². The van der Waals surface area contributed by atoms with Gasteiger partial charge in [0.25, 0.3) is 0 Å². The van der Waals surface area contributed by atoms with Crippen LogP contribution in [-0.2, 0) is 21.4 Å². The fourth-order valence-electron chi connectivity index (χ4n) is 2.80. The van der Waals surface area contributed by atoms with Gasteiger partial charge < -0.3 is 4.74 Å². The molecule has 0 spiro atoms. The molecule has 132 valence electrons. The van der Waals surface area contributed by atoms with Gasteiger partial charge in [-0.1, -0.05) is 30.3 Å². The molecular weight excluding hydrogens is 340 g/mol. The second-order valence-electron chi connectivity index (χ2n) is 5.93. The van der Waals surface area contributed by atoms with E-state index in [0.717, 1.165) is 11.1 Å². The van der Waals surface area contributed by atoms with Crippen LogP contribution in [-0.4, -0.2) is 26.8 Å². The smallest absolute Gasteiger partial charge is 0.411 e. The summed E-state index contributed by atoms with van der Waals surface area (Å²) in [6, 6.07) is 14.5. The summed E-state index contributed by atoms with van der Waals surface area (Å²) >= 11 is 0. The zero-order valence-electron chi connectivity index (χ0n) is 13.9. The lowest BCUT2D eigenvalue weighted by Gasteiger charge is -2.20. The van der Waals surface area contributed by atoms with E-state index in [1.54, 1.807) is 18.2 Å². The molecule has 1 N–H and O–H groups in total. The Morgan fingerprint density at radius 2 is 1.96 bits per heavy atom. The van der Waals surface area contributed by atoms with Gasteiger partial charge >= 0.3 is 6.09 Å². The summed E-state index contributed by atoms with van der Waals surface area (Å²) in [5, 5.41) is 2.66. The van der Waals surface area contributed by atoms with Crippen molar-refractivity contribution in [3.05, 3.63) is 59.7 Å². The van der Waals surface area contributed by atoms with Crippen LogP contribution in [0.15, 0.2) is 48.5 Å². The van der Waals surface area contributed by atoms with Gasteiger partial charge in [-0.3, -0.25) is 9.62 Å². The lowest BCUT2D eigenvalue weighted by atomic mass is 10.1. The molecule has 0 aliphatic carbocycles. The molecular formula is C18H20N2O4S. The van der Waals surface area contributed by atoms with Crippen LogP contribution in [0.3, 0.4) is 0 Å². The SMILES string of the molecule is Cc1cc(NC(=O)OCc2ccccc2)ccc1N1CCCS1(=O)=O. The molecule has 2 aromatic carbocycles.